The Balaban J connectivity index is 1.30. The van der Waals surface area contributed by atoms with Crippen LogP contribution in [-0.4, -0.2) is 22.6 Å². The van der Waals surface area contributed by atoms with Crippen molar-refractivity contribution in [2.75, 3.05) is 6.79 Å². The first-order chi connectivity index (χ1) is 17.5. The van der Waals surface area contributed by atoms with Crippen LogP contribution >= 0.6 is 0 Å². The second-order valence-corrected chi connectivity index (χ2v) is 9.05. The zero-order valence-electron chi connectivity index (χ0n) is 20.4. The molecule has 1 aliphatic rings. The zero-order chi connectivity index (χ0) is 24.9. The van der Waals surface area contributed by atoms with Gasteiger partial charge in [0.05, 0.1) is 12.6 Å². The molecule has 4 aromatic rings. The van der Waals surface area contributed by atoms with Crippen LogP contribution in [-0.2, 0) is 19.6 Å². The van der Waals surface area contributed by atoms with Crippen molar-refractivity contribution in [3.05, 3.63) is 113 Å². The first-order valence-electron chi connectivity index (χ1n) is 12.0. The van der Waals surface area contributed by atoms with Crippen LogP contribution in [0.15, 0.2) is 83.5 Å². The number of nitrogens with zero attached hydrogens (tertiary/aromatic N) is 2. The summed E-state index contributed by atoms with van der Waals surface area (Å²) in [6.07, 6.45) is 1.42. The summed E-state index contributed by atoms with van der Waals surface area (Å²) in [5.74, 6) is 1.74. The number of aromatic nitrogens is 1. The van der Waals surface area contributed by atoms with Gasteiger partial charge in [-0.15, -0.1) is 0 Å². The summed E-state index contributed by atoms with van der Waals surface area (Å²) in [6.45, 7) is 6.08. The molecule has 1 aromatic heterocycles. The van der Waals surface area contributed by atoms with Crippen LogP contribution in [0.3, 0.4) is 0 Å². The van der Waals surface area contributed by atoms with Crippen molar-refractivity contribution in [2.24, 2.45) is 0 Å². The van der Waals surface area contributed by atoms with E-state index in [0.29, 0.717) is 25.5 Å². The Kier molecular flexibility index (Phi) is 7.00. The largest absolute Gasteiger partial charge is 0.454 e. The fourth-order valence-electron chi connectivity index (χ4n) is 4.31. The average molecular weight is 484 g/mol. The highest BCUT2D eigenvalue weighted by Gasteiger charge is 2.19. The lowest BCUT2D eigenvalue weighted by Gasteiger charge is -2.21. The summed E-state index contributed by atoms with van der Waals surface area (Å²) < 4.78 is 16.7. The number of oxazole rings is 1. The number of carbonyl (C=O) groups is 1. The van der Waals surface area contributed by atoms with E-state index in [-0.39, 0.29) is 24.4 Å². The molecule has 0 fully saturated rings. The third-order valence-corrected chi connectivity index (χ3v) is 6.12. The third kappa shape index (κ3) is 5.75. The highest BCUT2D eigenvalue weighted by atomic mass is 16.7. The highest BCUT2D eigenvalue weighted by molar-refractivity contribution is 5.92. The lowest BCUT2D eigenvalue weighted by atomic mass is 10.1. The summed E-state index contributed by atoms with van der Waals surface area (Å²) in [6, 6.07) is 24.1. The molecule has 0 saturated heterocycles. The van der Waals surface area contributed by atoms with E-state index < -0.39 is 0 Å². The summed E-state index contributed by atoms with van der Waals surface area (Å²) in [5.41, 5.74) is 4.79. The van der Waals surface area contributed by atoms with E-state index in [1.54, 1.807) is 0 Å². The first kappa shape index (κ1) is 23.6. The Morgan fingerprint density at radius 2 is 1.72 bits per heavy atom. The van der Waals surface area contributed by atoms with Gasteiger partial charge in [0, 0.05) is 13.1 Å². The molecule has 7 heteroatoms. The summed E-state index contributed by atoms with van der Waals surface area (Å²) in [4.78, 5) is 19.5. The molecule has 0 unspecified atom stereocenters. The molecule has 0 radical (unpaired) electrons. The maximum absolute atomic E-state index is 12.8. The third-order valence-electron chi connectivity index (χ3n) is 6.12. The molecule has 0 bridgehead atoms. The molecule has 1 N–H and O–H groups in total. The minimum atomic E-state index is -0.262. The maximum Gasteiger partial charge on any atom is 0.273 e. The SMILES string of the molecule is Cc1cccc(CN(Cc2ccc3c(c2)OCO3)Cc2nc(C(=O)N[C@H](C)c3ccccc3)co2)c1. The van der Waals surface area contributed by atoms with E-state index in [1.165, 1.54) is 17.4 Å². The van der Waals surface area contributed by atoms with E-state index in [9.17, 15) is 4.79 Å². The molecule has 0 saturated carbocycles. The topological polar surface area (TPSA) is 76.8 Å². The Morgan fingerprint density at radius 3 is 2.53 bits per heavy atom. The van der Waals surface area contributed by atoms with Gasteiger partial charge in [0.1, 0.15) is 6.26 Å². The number of benzene rings is 3. The van der Waals surface area contributed by atoms with Crippen LogP contribution in [0, 0.1) is 6.92 Å². The van der Waals surface area contributed by atoms with E-state index in [0.717, 1.165) is 22.6 Å². The van der Waals surface area contributed by atoms with Crippen molar-refractivity contribution in [3.8, 4) is 11.5 Å². The number of aryl methyl sites for hydroxylation is 1. The van der Waals surface area contributed by atoms with Gasteiger partial charge < -0.3 is 19.2 Å². The molecular weight excluding hydrogens is 454 g/mol. The molecule has 0 spiro atoms. The van der Waals surface area contributed by atoms with E-state index >= 15 is 0 Å². The molecule has 36 heavy (non-hydrogen) atoms. The van der Waals surface area contributed by atoms with Crippen molar-refractivity contribution in [1.29, 1.82) is 0 Å². The molecule has 1 aliphatic heterocycles. The second kappa shape index (κ2) is 10.7. The predicted octanol–water partition coefficient (Wildman–Crippen LogP) is 5.41. The van der Waals surface area contributed by atoms with Crippen molar-refractivity contribution in [3.63, 3.8) is 0 Å². The second-order valence-electron chi connectivity index (χ2n) is 9.05. The summed E-state index contributed by atoms with van der Waals surface area (Å²) >= 11 is 0. The Bertz CT molecular complexity index is 1340. The summed E-state index contributed by atoms with van der Waals surface area (Å²) in [7, 11) is 0. The van der Waals surface area contributed by atoms with Crippen molar-refractivity contribution in [1.82, 2.24) is 15.2 Å². The average Bonchev–Trinajstić information content (AvgIpc) is 3.54. The zero-order valence-corrected chi connectivity index (χ0v) is 20.4. The van der Waals surface area contributed by atoms with E-state index in [4.69, 9.17) is 13.9 Å². The van der Waals surface area contributed by atoms with Gasteiger partial charge in [-0.2, -0.15) is 0 Å². The smallest absolute Gasteiger partial charge is 0.273 e. The maximum atomic E-state index is 12.8. The molecule has 184 valence electrons. The Hall–Kier alpha value is -4.10. The minimum absolute atomic E-state index is 0.136. The van der Waals surface area contributed by atoms with Crippen molar-refractivity contribution < 1.29 is 18.7 Å². The first-order valence-corrected chi connectivity index (χ1v) is 12.0. The number of rotatable bonds is 9. The van der Waals surface area contributed by atoms with E-state index in [2.05, 4.69) is 46.4 Å². The standard InChI is InChI=1S/C29H29N3O4/c1-20-7-6-8-22(13-20)15-32(16-23-11-12-26-27(14-23)36-19-35-26)17-28-31-25(18-34-28)29(33)30-21(2)24-9-4-3-5-10-24/h3-14,18,21H,15-17,19H2,1-2H3,(H,30,33)/t21-/m1/s1. The number of hydrogen-bond acceptors (Lipinski definition) is 6. The number of ether oxygens (including phenoxy) is 2. The van der Waals surface area contributed by atoms with Crippen LogP contribution in [0.5, 0.6) is 11.5 Å². The molecule has 2 heterocycles. The molecule has 7 nitrogen and oxygen atoms in total. The normalized spacial score (nSPS) is 13.1. The number of fused-ring (bicyclic) bond motifs is 1. The van der Waals surface area contributed by atoms with E-state index in [1.807, 2.05) is 55.5 Å². The molecular formula is C29H29N3O4. The molecule has 1 atom stereocenters. The molecule has 0 aliphatic carbocycles. The van der Waals surface area contributed by atoms with Crippen LogP contribution < -0.4 is 14.8 Å². The number of amides is 1. The minimum Gasteiger partial charge on any atom is -0.454 e. The van der Waals surface area contributed by atoms with Gasteiger partial charge in [-0.1, -0.05) is 66.2 Å². The quantitative estimate of drug-likeness (QED) is 0.343. The van der Waals surface area contributed by atoms with Crippen LogP contribution in [0.1, 0.15) is 51.6 Å². The van der Waals surface area contributed by atoms with Gasteiger partial charge in [0.2, 0.25) is 12.7 Å². The van der Waals surface area contributed by atoms with Gasteiger partial charge in [0.15, 0.2) is 17.2 Å². The Labute approximate surface area is 210 Å². The molecule has 1 amide bonds. The fraction of sp³-hybridized carbons (Fsp3) is 0.241. The van der Waals surface area contributed by atoms with Gasteiger partial charge in [0.25, 0.3) is 5.91 Å². The van der Waals surface area contributed by atoms with Gasteiger partial charge >= 0.3 is 0 Å². The molecule has 5 rings (SSSR count). The van der Waals surface area contributed by atoms with Crippen LogP contribution in [0.25, 0.3) is 0 Å². The lowest BCUT2D eigenvalue weighted by molar-refractivity contribution is 0.0934. The Morgan fingerprint density at radius 1 is 0.944 bits per heavy atom. The number of nitrogens with one attached hydrogen (secondary N) is 1. The van der Waals surface area contributed by atoms with Gasteiger partial charge in [-0.25, -0.2) is 4.98 Å². The van der Waals surface area contributed by atoms with Crippen LogP contribution in [0.4, 0.5) is 0 Å². The fourth-order valence-corrected chi connectivity index (χ4v) is 4.31. The summed E-state index contributed by atoms with van der Waals surface area (Å²) in [5, 5.41) is 2.99. The van der Waals surface area contributed by atoms with Gasteiger partial charge in [-0.05, 0) is 42.7 Å². The van der Waals surface area contributed by atoms with Gasteiger partial charge in [-0.3, -0.25) is 9.69 Å². The van der Waals surface area contributed by atoms with Crippen LogP contribution in [0.2, 0.25) is 0 Å². The lowest BCUT2D eigenvalue weighted by Crippen LogP contribution is -2.27. The van der Waals surface area contributed by atoms with Crippen molar-refractivity contribution in [2.45, 2.75) is 39.5 Å². The number of hydrogen-bond donors (Lipinski definition) is 1. The monoisotopic (exact) mass is 483 g/mol. The number of carbonyl (C=O) groups excluding carboxylic acids is 1. The predicted molar refractivity (Wildman–Crippen MR) is 136 cm³/mol. The van der Waals surface area contributed by atoms with Crippen molar-refractivity contribution >= 4 is 5.91 Å². The molecule has 3 aromatic carbocycles. The highest BCUT2D eigenvalue weighted by Crippen LogP contribution is 2.33.